The highest BCUT2D eigenvalue weighted by Crippen LogP contribution is 2.20. The van der Waals surface area contributed by atoms with Crippen molar-refractivity contribution >= 4 is 6.03 Å². The molecule has 1 unspecified atom stereocenters. The fraction of sp³-hybridized carbons (Fsp3) is 0.917. The summed E-state index contributed by atoms with van der Waals surface area (Å²) < 4.78 is 0. The van der Waals surface area contributed by atoms with Crippen molar-refractivity contribution in [1.82, 2.24) is 14.7 Å². The van der Waals surface area contributed by atoms with Crippen LogP contribution in [-0.4, -0.2) is 73.1 Å². The standard InChI is InChI=1S/C12H24N4O/c1-14(2)12(17)16-8-5-11(9-16)15-6-3-10(13)4-7-15/h10-11H,3-9,13H2,1-2H3. The Morgan fingerprint density at radius 2 is 1.82 bits per heavy atom. The van der Waals surface area contributed by atoms with E-state index in [2.05, 4.69) is 4.90 Å². The van der Waals surface area contributed by atoms with Crippen molar-refractivity contribution < 1.29 is 4.79 Å². The number of likely N-dealkylation sites (tertiary alicyclic amines) is 2. The molecule has 1 atom stereocenters. The molecule has 2 heterocycles. The van der Waals surface area contributed by atoms with Crippen LogP contribution in [0.15, 0.2) is 0 Å². The molecular formula is C12H24N4O. The number of nitrogens with two attached hydrogens (primary N) is 1. The lowest BCUT2D eigenvalue weighted by atomic mass is 10.0. The predicted octanol–water partition coefficient (Wildman–Crippen LogP) is 0.165. The molecule has 98 valence electrons. The molecule has 2 fully saturated rings. The summed E-state index contributed by atoms with van der Waals surface area (Å²) in [5.74, 6) is 0. The molecule has 0 aromatic carbocycles. The van der Waals surface area contributed by atoms with Crippen LogP contribution in [0.3, 0.4) is 0 Å². The number of hydrogen-bond donors (Lipinski definition) is 1. The lowest BCUT2D eigenvalue weighted by Crippen LogP contribution is -2.47. The summed E-state index contributed by atoms with van der Waals surface area (Å²) in [4.78, 5) is 18.0. The second-order valence-corrected chi connectivity index (χ2v) is 5.44. The van der Waals surface area contributed by atoms with Crippen LogP contribution in [0, 0.1) is 0 Å². The minimum Gasteiger partial charge on any atom is -0.331 e. The molecule has 5 nitrogen and oxygen atoms in total. The number of carbonyl (C=O) groups is 1. The number of piperidine rings is 1. The Balaban J connectivity index is 1.83. The molecule has 0 spiro atoms. The van der Waals surface area contributed by atoms with Gasteiger partial charge in [0.25, 0.3) is 0 Å². The number of hydrogen-bond acceptors (Lipinski definition) is 3. The van der Waals surface area contributed by atoms with Crippen LogP contribution in [0.2, 0.25) is 0 Å². The summed E-state index contributed by atoms with van der Waals surface area (Å²) in [6.45, 7) is 3.96. The van der Waals surface area contributed by atoms with E-state index in [4.69, 9.17) is 5.73 Å². The van der Waals surface area contributed by atoms with Gasteiger partial charge < -0.3 is 15.5 Å². The zero-order valence-corrected chi connectivity index (χ0v) is 10.9. The van der Waals surface area contributed by atoms with E-state index in [9.17, 15) is 4.79 Å². The van der Waals surface area contributed by atoms with Gasteiger partial charge >= 0.3 is 6.03 Å². The summed E-state index contributed by atoms with van der Waals surface area (Å²) in [5.41, 5.74) is 5.91. The molecular weight excluding hydrogens is 216 g/mol. The minimum absolute atomic E-state index is 0.140. The van der Waals surface area contributed by atoms with E-state index < -0.39 is 0 Å². The molecule has 0 aliphatic carbocycles. The van der Waals surface area contributed by atoms with Crippen molar-refractivity contribution in [2.45, 2.75) is 31.3 Å². The van der Waals surface area contributed by atoms with Gasteiger partial charge in [0.05, 0.1) is 0 Å². The first-order valence-corrected chi connectivity index (χ1v) is 6.54. The van der Waals surface area contributed by atoms with E-state index in [1.165, 1.54) is 0 Å². The molecule has 2 N–H and O–H groups in total. The fourth-order valence-corrected chi connectivity index (χ4v) is 2.78. The topological polar surface area (TPSA) is 52.8 Å². The Kier molecular flexibility index (Phi) is 3.89. The van der Waals surface area contributed by atoms with Crippen LogP contribution in [0.25, 0.3) is 0 Å². The van der Waals surface area contributed by atoms with Gasteiger partial charge in [-0.05, 0) is 32.4 Å². The molecule has 2 amide bonds. The molecule has 17 heavy (non-hydrogen) atoms. The van der Waals surface area contributed by atoms with Crippen LogP contribution in [0.1, 0.15) is 19.3 Å². The van der Waals surface area contributed by atoms with E-state index in [1.54, 1.807) is 4.90 Å². The van der Waals surface area contributed by atoms with E-state index in [1.807, 2.05) is 19.0 Å². The predicted molar refractivity (Wildman–Crippen MR) is 67.8 cm³/mol. The van der Waals surface area contributed by atoms with Crippen molar-refractivity contribution in [2.24, 2.45) is 5.73 Å². The van der Waals surface area contributed by atoms with Gasteiger partial charge in [0.15, 0.2) is 0 Å². The number of amides is 2. The molecule has 0 aromatic heterocycles. The maximum atomic E-state index is 11.8. The maximum Gasteiger partial charge on any atom is 0.319 e. The van der Waals surface area contributed by atoms with Crippen LogP contribution in [-0.2, 0) is 0 Å². The Labute approximate surface area is 104 Å². The van der Waals surface area contributed by atoms with Gasteiger partial charge in [-0.15, -0.1) is 0 Å². The van der Waals surface area contributed by atoms with Crippen molar-refractivity contribution in [3.05, 3.63) is 0 Å². The largest absolute Gasteiger partial charge is 0.331 e. The van der Waals surface area contributed by atoms with Gasteiger partial charge in [0.2, 0.25) is 0 Å². The molecule has 2 saturated heterocycles. The van der Waals surface area contributed by atoms with Crippen molar-refractivity contribution in [1.29, 1.82) is 0 Å². The molecule has 0 aromatic rings. The monoisotopic (exact) mass is 240 g/mol. The smallest absolute Gasteiger partial charge is 0.319 e. The third-order valence-electron chi connectivity index (χ3n) is 3.91. The summed E-state index contributed by atoms with van der Waals surface area (Å²) in [5, 5.41) is 0. The van der Waals surface area contributed by atoms with Gasteiger partial charge in [-0.3, -0.25) is 4.90 Å². The Morgan fingerprint density at radius 3 is 2.41 bits per heavy atom. The molecule has 2 rings (SSSR count). The Hall–Kier alpha value is -0.810. The van der Waals surface area contributed by atoms with Crippen molar-refractivity contribution in [3.63, 3.8) is 0 Å². The van der Waals surface area contributed by atoms with Crippen LogP contribution >= 0.6 is 0 Å². The first-order chi connectivity index (χ1) is 8.08. The molecule has 2 aliphatic rings. The normalized spacial score (nSPS) is 27.5. The van der Waals surface area contributed by atoms with Gasteiger partial charge in [-0.1, -0.05) is 0 Å². The van der Waals surface area contributed by atoms with Gasteiger partial charge in [-0.2, -0.15) is 0 Å². The first kappa shape index (κ1) is 12.6. The number of nitrogens with zero attached hydrogens (tertiary/aromatic N) is 3. The Morgan fingerprint density at radius 1 is 1.18 bits per heavy atom. The zero-order chi connectivity index (χ0) is 12.4. The van der Waals surface area contributed by atoms with E-state index in [0.29, 0.717) is 12.1 Å². The molecule has 0 radical (unpaired) electrons. The lowest BCUT2D eigenvalue weighted by molar-refractivity contribution is 0.147. The maximum absolute atomic E-state index is 11.8. The fourth-order valence-electron chi connectivity index (χ4n) is 2.78. The van der Waals surface area contributed by atoms with Crippen LogP contribution in [0.4, 0.5) is 4.79 Å². The number of rotatable bonds is 1. The van der Waals surface area contributed by atoms with E-state index in [-0.39, 0.29) is 6.03 Å². The average molecular weight is 240 g/mol. The highest BCUT2D eigenvalue weighted by Gasteiger charge is 2.32. The summed E-state index contributed by atoms with van der Waals surface area (Å²) in [6.07, 6.45) is 3.30. The zero-order valence-electron chi connectivity index (χ0n) is 10.9. The first-order valence-electron chi connectivity index (χ1n) is 6.54. The number of carbonyl (C=O) groups excluding carboxylic acids is 1. The van der Waals surface area contributed by atoms with E-state index in [0.717, 1.165) is 45.4 Å². The lowest BCUT2D eigenvalue weighted by Gasteiger charge is -2.34. The van der Waals surface area contributed by atoms with Crippen LogP contribution in [0.5, 0.6) is 0 Å². The summed E-state index contributed by atoms with van der Waals surface area (Å²) in [6, 6.07) is 1.07. The molecule has 5 heteroatoms. The highest BCUT2D eigenvalue weighted by molar-refractivity contribution is 5.74. The summed E-state index contributed by atoms with van der Waals surface area (Å²) >= 11 is 0. The Bertz CT molecular complexity index is 274. The quantitative estimate of drug-likeness (QED) is 0.710. The highest BCUT2D eigenvalue weighted by atomic mass is 16.2. The van der Waals surface area contributed by atoms with Gasteiger partial charge in [-0.25, -0.2) is 4.79 Å². The van der Waals surface area contributed by atoms with E-state index >= 15 is 0 Å². The molecule has 0 saturated carbocycles. The minimum atomic E-state index is 0.140. The second-order valence-electron chi connectivity index (χ2n) is 5.44. The van der Waals surface area contributed by atoms with Crippen molar-refractivity contribution in [3.8, 4) is 0 Å². The molecule has 2 aliphatic heterocycles. The molecule has 0 bridgehead atoms. The third kappa shape index (κ3) is 2.90. The average Bonchev–Trinajstić information content (AvgIpc) is 2.78. The van der Waals surface area contributed by atoms with Gasteiger partial charge in [0.1, 0.15) is 0 Å². The SMILES string of the molecule is CN(C)C(=O)N1CCC(N2CCC(N)CC2)C1. The van der Waals surface area contributed by atoms with Crippen molar-refractivity contribution in [2.75, 3.05) is 40.3 Å². The van der Waals surface area contributed by atoms with Gasteiger partial charge in [0, 0.05) is 39.3 Å². The second kappa shape index (κ2) is 5.23. The van der Waals surface area contributed by atoms with Crippen LogP contribution < -0.4 is 5.73 Å². The summed E-state index contributed by atoms with van der Waals surface area (Å²) in [7, 11) is 3.63. The number of urea groups is 1. The third-order valence-corrected chi connectivity index (χ3v) is 3.91.